The molecule has 0 radical (unpaired) electrons. The quantitative estimate of drug-likeness (QED) is 0.763. The third-order valence-electron chi connectivity index (χ3n) is 4.77. The highest BCUT2D eigenvalue weighted by Gasteiger charge is 2.27. The lowest BCUT2D eigenvalue weighted by Gasteiger charge is -2.13. The molecule has 3 aromatic rings. The van der Waals surface area contributed by atoms with Crippen LogP contribution < -0.4 is 14.8 Å². The summed E-state index contributed by atoms with van der Waals surface area (Å²) >= 11 is 0. The van der Waals surface area contributed by atoms with Crippen molar-refractivity contribution in [1.82, 2.24) is 10.3 Å². The molecule has 1 unspecified atom stereocenters. The van der Waals surface area contributed by atoms with Crippen molar-refractivity contribution in [3.8, 4) is 11.5 Å². The smallest absolute Gasteiger partial charge is 0.251 e. The van der Waals surface area contributed by atoms with Gasteiger partial charge in [0.2, 0.25) is 6.79 Å². The van der Waals surface area contributed by atoms with Crippen LogP contribution in [0.15, 0.2) is 42.5 Å². The number of nitrogens with one attached hydrogen (secondary N) is 2. The third kappa shape index (κ3) is 2.05. The van der Waals surface area contributed by atoms with E-state index in [0.29, 0.717) is 17.1 Å². The van der Waals surface area contributed by atoms with Crippen LogP contribution in [0.1, 0.15) is 21.6 Å². The van der Waals surface area contributed by atoms with Crippen LogP contribution in [0.25, 0.3) is 10.9 Å². The van der Waals surface area contributed by atoms with Gasteiger partial charge in [0, 0.05) is 34.6 Å². The molecule has 5 rings (SSSR count). The van der Waals surface area contributed by atoms with Crippen LogP contribution >= 0.6 is 0 Å². The lowest BCUT2D eigenvalue weighted by molar-refractivity contribution is 0.0938. The number of carbonyl (C=O) groups excluding carboxylic acids is 1. The fourth-order valence-electron chi connectivity index (χ4n) is 3.64. The Labute approximate surface area is 138 Å². The zero-order valence-electron chi connectivity index (χ0n) is 13.0. The minimum absolute atomic E-state index is 0.0761. The minimum Gasteiger partial charge on any atom is -0.454 e. The van der Waals surface area contributed by atoms with E-state index in [1.54, 1.807) is 18.2 Å². The van der Waals surface area contributed by atoms with Gasteiger partial charge in [-0.05, 0) is 36.2 Å². The molecule has 0 saturated carbocycles. The van der Waals surface area contributed by atoms with Crippen molar-refractivity contribution in [2.75, 3.05) is 6.79 Å². The van der Waals surface area contributed by atoms with Gasteiger partial charge in [-0.15, -0.1) is 0 Å². The highest BCUT2D eigenvalue weighted by atomic mass is 16.7. The molecule has 5 nitrogen and oxygen atoms in total. The topological polar surface area (TPSA) is 63.4 Å². The summed E-state index contributed by atoms with van der Waals surface area (Å²) in [4.78, 5) is 16.0. The number of benzene rings is 2. The van der Waals surface area contributed by atoms with Crippen LogP contribution in [0.3, 0.4) is 0 Å². The van der Waals surface area contributed by atoms with E-state index >= 15 is 0 Å². The molecule has 1 aliphatic heterocycles. The molecule has 0 saturated heterocycles. The Morgan fingerprint density at radius 3 is 2.92 bits per heavy atom. The lowest BCUT2D eigenvalue weighted by Crippen LogP contribution is -2.35. The summed E-state index contributed by atoms with van der Waals surface area (Å²) in [7, 11) is 0. The summed E-state index contributed by atoms with van der Waals surface area (Å²) in [5, 5.41) is 4.39. The van der Waals surface area contributed by atoms with Gasteiger partial charge < -0.3 is 19.8 Å². The van der Waals surface area contributed by atoms with E-state index in [9.17, 15) is 4.79 Å². The van der Waals surface area contributed by atoms with Crippen LogP contribution in [0.5, 0.6) is 11.5 Å². The first-order chi connectivity index (χ1) is 11.8. The summed E-state index contributed by atoms with van der Waals surface area (Å²) in [6.45, 7) is 0.213. The average molecular weight is 320 g/mol. The second-order valence-electron chi connectivity index (χ2n) is 6.27. The van der Waals surface area contributed by atoms with E-state index in [1.165, 1.54) is 22.2 Å². The zero-order chi connectivity index (χ0) is 16.1. The van der Waals surface area contributed by atoms with Gasteiger partial charge in [-0.25, -0.2) is 0 Å². The molecule has 0 fully saturated rings. The van der Waals surface area contributed by atoms with Crippen LogP contribution in [0.2, 0.25) is 0 Å². The number of fused-ring (bicyclic) bond motifs is 4. The summed E-state index contributed by atoms with van der Waals surface area (Å²) in [6.07, 6.45) is 1.69. The third-order valence-corrected chi connectivity index (χ3v) is 4.77. The van der Waals surface area contributed by atoms with Crippen molar-refractivity contribution in [1.29, 1.82) is 0 Å². The first-order valence-corrected chi connectivity index (χ1v) is 8.07. The molecule has 2 aliphatic rings. The maximum Gasteiger partial charge on any atom is 0.251 e. The number of ether oxygens (including phenoxy) is 2. The normalized spacial score (nSPS) is 17.9. The van der Waals surface area contributed by atoms with E-state index in [2.05, 4.69) is 28.5 Å². The Morgan fingerprint density at radius 2 is 1.96 bits per heavy atom. The Morgan fingerprint density at radius 1 is 1.08 bits per heavy atom. The molecule has 0 spiro atoms. The highest BCUT2D eigenvalue weighted by Crippen LogP contribution is 2.33. The van der Waals surface area contributed by atoms with Gasteiger partial charge in [-0.2, -0.15) is 0 Å². The second kappa shape index (κ2) is 5.03. The number of aromatic nitrogens is 1. The monoisotopic (exact) mass is 320 g/mol. The first kappa shape index (κ1) is 13.5. The molecular weight excluding hydrogens is 304 g/mol. The first-order valence-electron chi connectivity index (χ1n) is 8.07. The molecule has 1 aliphatic carbocycles. The number of para-hydroxylation sites is 1. The van der Waals surface area contributed by atoms with Crippen molar-refractivity contribution < 1.29 is 14.3 Å². The summed E-state index contributed by atoms with van der Waals surface area (Å²) < 4.78 is 10.6. The summed E-state index contributed by atoms with van der Waals surface area (Å²) in [5.74, 6) is 1.24. The molecule has 5 heteroatoms. The molecule has 1 amide bonds. The van der Waals surface area contributed by atoms with Gasteiger partial charge in [0.1, 0.15) is 0 Å². The molecule has 2 aromatic carbocycles. The number of carbonyl (C=O) groups is 1. The summed E-state index contributed by atoms with van der Waals surface area (Å²) in [5.41, 5.74) is 4.32. The molecule has 120 valence electrons. The van der Waals surface area contributed by atoms with Crippen molar-refractivity contribution in [3.05, 3.63) is 59.3 Å². The second-order valence-corrected chi connectivity index (χ2v) is 6.27. The van der Waals surface area contributed by atoms with Gasteiger partial charge in [0.15, 0.2) is 11.5 Å². The number of amides is 1. The molecule has 0 bridgehead atoms. The summed E-state index contributed by atoms with van der Waals surface area (Å²) in [6, 6.07) is 13.7. The van der Waals surface area contributed by atoms with Crippen molar-refractivity contribution in [2.24, 2.45) is 0 Å². The molecular formula is C19H16N2O3. The molecule has 1 aromatic heterocycles. The number of H-pyrrole nitrogens is 1. The lowest BCUT2D eigenvalue weighted by atomic mass is 10.1. The van der Waals surface area contributed by atoms with E-state index < -0.39 is 0 Å². The van der Waals surface area contributed by atoms with E-state index in [-0.39, 0.29) is 18.7 Å². The molecule has 24 heavy (non-hydrogen) atoms. The highest BCUT2D eigenvalue weighted by molar-refractivity contribution is 5.95. The number of hydrogen-bond donors (Lipinski definition) is 2. The molecule has 2 heterocycles. The van der Waals surface area contributed by atoms with Crippen molar-refractivity contribution >= 4 is 16.8 Å². The Balaban J connectivity index is 1.34. The zero-order valence-corrected chi connectivity index (χ0v) is 13.0. The average Bonchev–Trinajstić information content (AvgIpc) is 3.27. The van der Waals surface area contributed by atoms with Gasteiger partial charge in [0.25, 0.3) is 5.91 Å². The Kier molecular flexibility index (Phi) is 2.82. The molecule has 2 N–H and O–H groups in total. The van der Waals surface area contributed by atoms with Gasteiger partial charge in [-0.1, -0.05) is 18.2 Å². The largest absolute Gasteiger partial charge is 0.454 e. The van der Waals surface area contributed by atoms with Crippen LogP contribution in [0, 0.1) is 0 Å². The fourth-order valence-corrected chi connectivity index (χ4v) is 3.64. The van der Waals surface area contributed by atoms with Crippen molar-refractivity contribution in [2.45, 2.75) is 18.9 Å². The van der Waals surface area contributed by atoms with Crippen LogP contribution in [-0.2, 0) is 12.8 Å². The molecule has 1 atom stereocenters. The van der Waals surface area contributed by atoms with Gasteiger partial charge >= 0.3 is 0 Å². The maximum atomic E-state index is 12.5. The van der Waals surface area contributed by atoms with Gasteiger partial charge in [-0.3, -0.25) is 4.79 Å². The Hall–Kier alpha value is -2.95. The standard InChI is InChI=1S/C19H16N2O3/c22-19(11-5-6-17-18(7-11)24-10-23-17)20-12-8-14-13-3-1-2-4-15(13)21-16(14)9-12/h1-7,12,21H,8-10H2,(H,20,22). The van der Waals surface area contributed by atoms with E-state index in [1.807, 2.05) is 6.07 Å². The Bertz CT molecular complexity index is 960. The fraction of sp³-hybridized carbons (Fsp3) is 0.211. The minimum atomic E-state index is -0.0761. The predicted molar refractivity (Wildman–Crippen MR) is 89.5 cm³/mol. The SMILES string of the molecule is O=C(NC1Cc2[nH]c3ccccc3c2C1)c1ccc2c(c1)OCO2. The predicted octanol–water partition coefficient (Wildman–Crippen LogP) is 2.79. The van der Waals surface area contributed by atoms with E-state index in [4.69, 9.17) is 9.47 Å². The number of rotatable bonds is 2. The van der Waals surface area contributed by atoms with Crippen molar-refractivity contribution in [3.63, 3.8) is 0 Å². The maximum absolute atomic E-state index is 12.5. The van der Waals surface area contributed by atoms with E-state index in [0.717, 1.165) is 12.8 Å². The van der Waals surface area contributed by atoms with Crippen LogP contribution in [0.4, 0.5) is 0 Å². The number of hydrogen-bond acceptors (Lipinski definition) is 3. The van der Waals surface area contributed by atoms with Crippen LogP contribution in [-0.4, -0.2) is 23.7 Å². The van der Waals surface area contributed by atoms with Gasteiger partial charge in [0.05, 0.1) is 0 Å². The number of aromatic amines is 1.